The second-order valence-corrected chi connectivity index (χ2v) is 4.73. The van der Waals surface area contributed by atoms with Crippen molar-refractivity contribution in [2.45, 2.75) is 32.3 Å². The number of carbonyl (C=O) groups is 2. The molecule has 14 heavy (non-hydrogen) atoms. The molecule has 1 N–H and O–H groups in total. The van der Waals surface area contributed by atoms with Crippen molar-refractivity contribution in [3.05, 3.63) is 0 Å². The van der Waals surface area contributed by atoms with Crippen LogP contribution in [0, 0.1) is 17.8 Å². The van der Waals surface area contributed by atoms with Crippen molar-refractivity contribution in [2.75, 3.05) is 0 Å². The highest BCUT2D eigenvalue weighted by Crippen LogP contribution is 2.48. The van der Waals surface area contributed by atoms with Gasteiger partial charge < -0.3 is 9.84 Å². The predicted octanol–water partition coefficient (Wildman–Crippen LogP) is 1.05. The number of hydrogen-bond donors (Lipinski definition) is 1. The first-order chi connectivity index (χ1) is 6.43. The number of rotatable bonds is 1. The third-order valence-corrected chi connectivity index (χ3v) is 3.39. The Bertz CT molecular complexity index is 298. The molecule has 4 heteroatoms. The summed E-state index contributed by atoms with van der Waals surface area (Å²) in [6.07, 6.45) is 1.22. The van der Waals surface area contributed by atoms with Gasteiger partial charge in [-0.3, -0.25) is 9.59 Å². The molecule has 0 radical (unpaired) electrons. The smallest absolute Gasteiger partial charge is 0.310 e. The van der Waals surface area contributed by atoms with Crippen LogP contribution in [0.2, 0.25) is 0 Å². The second kappa shape index (κ2) is 2.72. The molecule has 0 spiro atoms. The first kappa shape index (κ1) is 9.49. The van der Waals surface area contributed by atoms with Gasteiger partial charge in [0.05, 0.1) is 11.8 Å². The zero-order chi connectivity index (χ0) is 10.5. The van der Waals surface area contributed by atoms with Gasteiger partial charge in [0.25, 0.3) is 0 Å². The SMILES string of the molecule is C[C@@H]1C[C@]2(C)C[C@H](C(=O)O2)[C@H]1C(=O)O. The van der Waals surface area contributed by atoms with E-state index in [1.807, 2.05) is 13.8 Å². The van der Waals surface area contributed by atoms with Crippen molar-refractivity contribution in [1.29, 1.82) is 0 Å². The van der Waals surface area contributed by atoms with E-state index in [4.69, 9.17) is 9.84 Å². The van der Waals surface area contributed by atoms with Crippen LogP contribution in [-0.4, -0.2) is 22.6 Å². The lowest BCUT2D eigenvalue weighted by Gasteiger charge is -2.33. The van der Waals surface area contributed by atoms with Crippen LogP contribution >= 0.6 is 0 Å². The Balaban J connectivity index is 2.31. The molecular formula is C10H14O4. The highest BCUT2D eigenvalue weighted by molar-refractivity contribution is 5.83. The van der Waals surface area contributed by atoms with Crippen LogP contribution in [0.4, 0.5) is 0 Å². The van der Waals surface area contributed by atoms with E-state index in [0.717, 1.165) is 0 Å². The first-order valence-corrected chi connectivity index (χ1v) is 4.89. The van der Waals surface area contributed by atoms with Gasteiger partial charge in [-0.25, -0.2) is 0 Å². The van der Waals surface area contributed by atoms with Crippen LogP contribution < -0.4 is 0 Å². The predicted molar refractivity (Wildman–Crippen MR) is 47.5 cm³/mol. The maximum atomic E-state index is 11.4. The average molecular weight is 198 g/mol. The van der Waals surface area contributed by atoms with Crippen molar-refractivity contribution >= 4 is 11.9 Å². The lowest BCUT2D eigenvalue weighted by Crippen LogP contribution is -2.39. The van der Waals surface area contributed by atoms with Gasteiger partial charge >= 0.3 is 11.9 Å². The van der Waals surface area contributed by atoms with Gasteiger partial charge in [0.2, 0.25) is 0 Å². The van der Waals surface area contributed by atoms with E-state index in [0.29, 0.717) is 12.8 Å². The number of carboxylic acids is 1. The molecule has 1 aliphatic heterocycles. The Morgan fingerprint density at radius 3 is 2.79 bits per heavy atom. The van der Waals surface area contributed by atoms with Gasteiger partial charge in [0.1, 0.15) is 5.60 Å². The number of esters is 1. The quantitative estimate of drug-likeness (QED) is 0.639. The van der Waals surface area contributed by atoms with E-state index in [1.165, 1.54) is 0 Å². The van der Waals surface area contributed by atoms with Crippen molar-refractivity contribution in [1.82, 2.24) is 0 Å². The van der Waals surface area contributed by atoms with Crippen molar-refractivity contribution < 1.29 is 19.4 Å². The zero-order valence-corrected chi connectivity index (χ0v) is 8.32. The van der Waals surface area contributed by atoms with E-state index in [-0.39, 0.29) is 11.9 Å². The number of aliphatic carboxylic acids is 1. The molecule has 2 fully saturated rings. The lowest BCUT2D eigenvalue weighted by molar-refractivity contribution is -0.152. The highest BCUT2D eigenvalue weighted by Gasteiger charge is 2.55. The van der Waals surface area contributed by atoms with Gasteiger partial charge in [-0.1, -0.05) is 6.92 Å². The van der Waals surface area contributed by atoms with Gasteiger partial charge in [0, 0.05) is 6.42 Å². The fraction of sp³-hybridized carbons (Fsp3) is 0.800. The summed E-state index contributed by atoms with van der Waals surface area (Å²) in [5.41, 5.74) is -0.410. The molecule has 2 rings (SSSR count). The molecular weight excluding hydrogens is 184 g/mol. The standard InChI is InChI=1S/C10H14O4/c1-5-3-10(2)4-6(9(13)14-10)7(5)8(11)12/h5-7H,3-4H2,1-2H3,(H,11,12)/t5-,6+,7+,10-/m1/s1. The molecule has 2 bridgehead atoms. The highest BCUT2D eigenvalue weighted by atomic mass is 16.6. The largest absolute Gasteiger partial charge is 0.481 e. The Kier molecular flexibility index (Phi) is 1.84. The van der Waals surface area contributed by atoms with Gasteiger partial charge in [0.15, 0.2) is 0 Å². The number of ether oxygens (including phenoxy) is 1. The topological polar surface area (TPSA) is 63.6 Å². The molecule has 4 nitrogen and oxygen atoms in total. The van der Waals surface area contributed by atoms with Gasteiger partial charge in [-0.05, 0) is 19.3 Å². The van der Waals surface area contributed by atoms with E-state index in [9.17, 15) is 9.59 Å². The molecule has 0 amide bonds. The third kappa shape index (κ3) is 1.21. The van der Waals surface area contributed by atoms with Gasteiger partial charge in [-0.2, -0.15) is 0 Å². The molecule has 0 aromatic heterocycles. The minimum Gasteiger partial charge on any atom is -0.481 e. The number of carboxylic acid groups (broad SMARTS) is 1. The number of carbonyl (C=O) groups excluding carboxylic acids is 1. The molecule has 78 valence electrons. The van der Waals surface area contributed by atoms with Crippen LogP contribution in [0.1, 0.15) is 26.7 Å². The van der Waals surface area contributed by atoms with Crippen LogP contribution in [0.5, 0.6) is 0 Å². The van der Waals surface area contributed by atoms with Gasteiger partial charge in [-0.15, -0.1) is 0 Å². The summed E-state index contributed by atoms with van der Waals surface area (Å²) in [4.78, 5) is 22.4. The molecule has 4 atom stereocenters. The Morgan fingerprint density at radius 1 is 1.57 bits per heavy atom. The minimum absolute atomic E-state index is 0.0164. The Labute approximate surface area is 82.2 Å². The van der Waals surface area contributed by atoms with Crippen molar-refractivity contribution in [3.63, 3.8) is 0 Å². The summed E-state index contributed by atoms with van der Waals surface area (Å²) in [5, 5.41) is 9.02. The summed E-state index contributed by atoms with van der Waals surface area (Å²) in [6.45, 7) is 3.77. The zero-order valence-electron chi connectivity index (χ0n) is 8.32. The number of fused-ring (bicyclic) bond motifs is 2. The third-order valence-electron chi connectivity index (χ3n) is 3.39. The van der Waals surface area contributed by atoms with Crippen LogP contribution in [-0.2, 0) is 14.3 Å². The molecule has 1 aliphatic carbocycles. The molecule has 0 aromatic rings. The fourth-order valence-electron chi connectivity index (χ4n) is 2.93. The van der Waals surface area contributed by atoms with E-state index in [1.54, 1.807) is 0 Å². The normalized spacial score (nSPS) is 46.1. The summed E-state index contributed by atoms with van der Waals surface area (Å²) >= 11 is 0. The summed E-state index contributed by atoms with van der Waals surface area (Å²) < 4.78 is 5.22. The Morgan fingerprint density at radius 2 is 2.21 bits per heavy atom. The monoisotopic (exact) mass is 198 g/mol. The van der Waals surface area contributed by atoms with Crippen molar-refractivity contribution in [3.8, 4) is 0 Å². The number of hydrogen-bond acceptors (Lipinski definition) is 3. The molecule has 0 aromatic carbocycles. The molecule has 1 saturated heterocycles. The Hall–Kier alpha value is -1.06. The van der Waals surface area contributed by atoms with Crippen LogP contribution in [0.3, 0.4) is 0 Å². The van der Waals surface area contributed by atoms with Crippen LogP contribution in [0.15, 0.2) is 0 Å². The van der Waals surface area contributed by atoms with Crippen molar-refractivity contribution in [2.24, 2.45) is 17.8 Å². The molecule has 0 unspecified atom stereocenters. The second-order valence-electron chi connectivity index (χ2n) is 4.73. The fourth-order valence-corrected chi connectivity index (χ4v) is 2.93. The minimum atomic E-state index is -0.872. The van der Waals surface area contributed by atoms with E-state index >= 15 is 0 Å². The molecule has 2 aliphatic rings. The molecule has 1 heterocycles. The van der Waals surface area contributed by atoms with E-state index in [2.05, 4.69) is 0 Å². The summed E-state index contributed by atoms with van der Waals surface area (Å²) in [7, 11) is 0. The maximum absolute atomic E-state index is 11.4. The summed E-state index contributed by atoms with van der Waals surface area (Å²) in [5.74, 6) is -2.17. The molecule has 1 saturated carbocycles. The lowest BCUT2D eigenvalue weighted by atomic mass is 9.69. The average Bonchev–Trinajstić information content (AvgIpc) is 2.21. The maximum Gasteiger partial charge on any atom is 0.310 e. The van der Waals surface area contributed by atoms with E-state index < -0.39 is 23.4 Å². The first-order valence-electron chi connectivity index (χ1n) is 4.89. The van der Waals surface area contributed by atoms with Crippen LogP contribution in [0.25, 0.3) is 0 Å². The summed E-state index contributed by atoms with van der Waals surface area (Å²) in [6, 6.07) is 0.